The van der Waals surface area contributed by atoms with Crippen molar-refractivity contribution in [1.82, 2.24) is 15.0 Å². The zero-order valence-corrected chi connectivity index (χ0v) is 18.6. The van der Waals surface area contributed by atoms with E-state index in [1.54, 1.807) is 18.3 Å². The van der Waals surface area contributed by atoms with Crippen molar-refractivity contribution < 1.29 is 18.3 Å². The van der Waals surface area contributed by atoms with Gasteiger partial charge in [0.2, 0.25) is 0 Å². The van der Waals surface area contributed by atoms with Crippen LogP contribution in [0.5, 0.6) is 0 Å². The van der Waals surface area contributed by atoms with Crippen LogP contribution in [-0.2, 0) is 4.74 Å². The molecule has 0 saturated heterocycles. The molecule has 1 N–H and O–H groups in total. The number of pyridine rings is 1. The highest BCUT2D eigenvalue weighted by atomic mass is 19.1. The van der Waals surface area contributed by atoms with E-state index in [1.807, 2.05) is 12.1 Å². The summed E-state index contributed by atoms with van der Waals surface area (Å²) in [6.07, 6.45) is 5.34. The van der Waals surface area contributed by atoms with Crippen LogP contribution in [0.2, 0.25) is 0 Å². The van der Waals surface area contributed by atoms with Crippen molar-refractivity contribution in [2.24, 2.45) is 5.92 Å². The molecule has 0 spiro atoms. The summed E-state index contributed by atoms with van der Waals surface area (Å²) in [7, 11) is 1.23. The lowest BCUT2D eigenvalue weighted by Crippen LogP contribution is -2.19. The van der Waals surface area contributed by atoms with Crippen LogP contribution in [0, 0.1) is 17.6 Å². The number of benzene rings is 2. The molecule has 1 fully saturated rings. The third-order valence-corrected chi connectivity index (χ3v) is 7.10. The van der Waals surface area contributed by atoms with Gasteiger partial charge in [0.1, 0.15) is 28.5 Å². The van der Waals surface area contributed by atoms with Gasteiger partial charge in [-0.25, -0.2) is 18.6 Å². The first-order valence-corrected chi connectivity index (χ1v) is 11.3. The SMILES string of the molecule is COC(=O)c1c(F)ccc2[nH]c([C@@H](C)C3CCC(c4c(F)ccc5ncccc45)CC3)nc12. The summed E-state index contributed by atoms with van der Waals surface area (Å²) < 4.78 is 33.8. The molecular weight excluding hydrogens is 424 g/mol. The third-order valence-electron chi connectivity index (χ3n) is 7.10. The van der Waals surface area contributed by atoms with Crippen molar-refractivity contribution >= 4 is 27.9 Å². The molecule has 0 amide bonds. The molecule has 7 heteroatoms. The quantitative estimate of drug-likeness (QED) is 0.374. The molecular formula is C26H25F2N3O2. The number of ether oxygens (including phenoxy) is 1. The minimum absolute atomic E-state index is 0.0888. The zero-order chi connectivity index (χ0) is 23.1. The van der Waals surface area contributed by atoms with E-state index >= 15 is 0 Å². The van der Waals surface area contributed by atoms with Gasteiger partial charge in [-0.3, -0.25) is 4.98 Å². The smallest absolute Gasteiger partial charge is 0.343 e. The molecule has 1 aliphatic rings. The van der Waals surface area contributed by atoms with Crippen molar-refractivity contribution in [3.8, 4) is 0 Å². The van der Waals surface area contributed by atoms with Gasteiger partial charge in [0, 0.05) is 23.1 Å². The van der Waals surface area contributed by atoms with Crippen LogP contribution in [0.1, 0.15) is 66.2 Å². The number of carbonyl (C=O) groups excluding carboxylic acids is 1. The van der Waals surface area contributed by atoms with E-state index < -0.39 is 11.8 Å². The normalized spacial score (nSPS) is 19.6. The maximum atomic E-state index is 14.8. The van der Waals surface area contributed by atoms with Crippen LogP contribution in [0.3, 0.4) is 0 Å². The lowest BCUT2D eigenvalue weighted by atomic mass is 9.73. The van der Waals surface area contributed by atoms with E-state index in [1.165, 1.54) is 19.2 Å². The highest BCUT2D eigenvalue weighted by molar-refractivity contribution is 6.02. The first-order chi connectivity index (χ1) is 16.0. The average Bonchev–Trinajstić information content (AvgIpc) is 3.27. The van der Waals surface area contributed by atoms with Gasteiger partial charge in [0.15, 0.2) is 0 Å². The number of esters is 1. The predicted molar refractivity (Wildman–Crippen MR) is 122 cm³/mol. The van der Waals surface area contributed by atoms with Crippen molar-refractivity contribution in [3.05, 3.63) is 71.2 Å². The van der Waals surface area contributed by atoms with Crippen LogP contribution < -0.4 is 0 Å². The van der Waals surface area contributed by atoms with Crippen LogP contribution in [0.4, 0.5) is 8.78 Å². The van der Waals surface area contributed by atoms with Crippen LogP contribution in [0.25, 0.3) is 21.9 Å². The Hall–Kier alpha value is -3.35. The number of nitrogens with one attached hydrogen (secondary N) is 1. The number of aromatic amines is 1. The fourth-order valence-corrected chi connectivity index (χ4v) is 5.28. The number of imidazole rings is 1. The number of H-pyrrole nitrogens is 1. The molecule has 5 nitrogen and oxygen atoms in total. The van der Waals surface area contributed by atoms with E-state index in [9.17, 15) is 13.6 Å². The molecule has 0 unspecified atom stereocenters. The molecule has 4 aromatic rings. The molecule has 0 bridgehead atoms. The van der Waals surface area contributed by atoms with Crippen LogP contribution >= 0.6 is 0 Å². The predicted octanol–water partition coefficient (Wildman–Crippen LogP) is 6.25. The Kier molecular flexibility index (Phi) is 5.56. The highest BCUT2D eigenvalue weighted by Crippen LogP contribution is 2.43. The van der Waals surface area contributed by atoms with Crippen molar-refractivity contribution in [1.29, 1.82) is 0 Å². The Morgan fingerprint density at radius 1 is 1.09 bits per heavy atom. The summed E-state index contributed by atoms with van der Waals surface area (Å²) in [6.45, 7) is 2.10. The first kappa shape index (κ1) is 21.5. The molecule has 2 aromatic heterocycles. The molecule has 33 heavy (non-hydrogen) atoms. The van der Waals surface area contributed by atoms with Crippen molar-refractivity contribution in [2.75, 3.05) is 7.11 Å². The Labute approximate surface area is 190 Å². The molecule has 1 atom stereocenters. The summed E-state index contributed by atoms with van der Waals surface area (Å²) in [6, 6.07) is 9.89. The third kappa shape index (κ3) is 3.75. The summed E-state index contributed by atoms with van der Waals surface area (Å²) in [5.74, 6) is -0.234. The monoisotopic (exact) mass is 449 g/mol. The number of rotatable bonds is 4. The number of hydrogen-bond donors (Lipinski definition) is 1. The maximum absolute atomic E-state index is 14.8. The van der Waals surface area contributed by atoms with E-state index in [0.717, 1.165) is 48.0 Å². The molecule has 170 valence electrons. The molecule has 5 rings (SSSR count). The van der Waals surface area contributed by atoms with Gasteiger partial charge in [0.25, 0.3) is 0 Å². The van der Waals surface area contributed by atoms with E-state index in [4.69, 9.17) is 4.74 Å². The Balaban J connectivity index is 1.38. The van der Waals surface area contributed by atoms with Crippen molar-refractivity contribution in [2.45, 2.75) is 44.4 Å². The maximum Gasteiger partial charge on any atom is 0.343 e. The summed E-state index contributed by atoms with van der Waals surface area (Å²) in [5, 5.41) is 0.892. The Morgan fingerprint density at radius 2 is 1.85 bits per heavy atom. The zero-order valence-electron chi connectivity index (χ0n) is 18.6. The van der Waals surface area contributed by atoms with E-state index in [-0.39, 0.29) is 23.2 Å². The number of aromatic nitrogens is 3. The van der Waals surface area contributed by atoms with Crippen molar-refractivity contribution in [3.63, 3.8) is 0 Å². The number of nitrogens with zero attached hydrogens (tertiary/aromatic N) is 2. The number of fused-ring (bicyclic) bond motifs is 2. The number of hydrogen-bond acceptors (Lipinski definition) is 4. The second-order valence-corrected chi connectivity index (χ2v) is 8.86. The first-order valence-electron chi connectivity index (χ1n) is 11.3. The summed E-state index contributed by atoms with van der Waals surface area (Å²) >= 11 is 0. The number of methoxy groups -OCH3 is 1. The van der Waals surface area contributed by atoms with Crippen LogP contribution in [0.15, 0.2) is 42.6 Å². The fourth-order valence-electron chi connectivity index (χ4n) is 5.28. The minimum Gasteiger partial charge on any atom is -0.465 e. The minimum atomic E-state index is -0.740. The van der Waals surface area contributed by atoms with Gasteiger partial charge in [-0.05, 0) is 67.9 Å². The Morgan fingerprint density at radius 3 is 2.61 bits per heavy atom. The fraction of sp³-hybridized carbons (Fsp3) is 0.346. The summed E-state index contributed by atoms with van der Waals surface area (Å²) in [4.78, 5) is 24.3. The van der Waals surface area contributed by atoms with Gasteiger partial charge >= 0.3 is 5.97 Å². The lowest BCUT2D eigenvalue weighted by molar-refractivity contribution is 0.0597. The average molecular weight is 450 g/mol. The van der Waals surface area contributed by atoms with E-state index in [2.05, 4.69) is 21.9 Å². The second-order valence-electron chi connectivity index (χ2n) is 8.86. The van der Waals surface area contributed by atoms with Crippen LogP contribution in [-0.4, -0.2) is 28.0 Å². The van der Waals surface area contributed by atoms with E-state index in [0.29, 0.717) is 17.0 Å². The highest BCUT2D eigenvalue weighted by Gasteiger charge is 2.31. The number of halogens is 2. The topological polar surface area (TPSA) is 67.9 Å². The molecule has 2 heterocycles. The van der Waals surface area contributed by atoms with Gasteiger partial charge in [-0.2, -0.15) is 0 Å². The molecule has 1 aliphatic carbocycles. The van der Waals surface area contributed by atoms with Gasteiger partial charge < -0.3 is 9.72 Å². The standard InChI is InChI=1S/C26H25F2N3O2/c1-14(25-30-21-12-10-19(28)23(24(21)31-25)26(32)33-2)15-5-7-16(8-6-15)22-17-4-3-13-29-20(17)11-9-18(22)27/h3-4,9-16H,5-8H2,1-2H3,(H,30,31)/t14-,15?,16?/m0/s1. The summed E-state index contributed by atoms with van der Waals surface area (Å²) in [5.41, 5.74) is 2.35. The molecule has 1 saturated carbocycles. The van der Waals surface area contributed by atoms with Gasteiger partial charge in [-0.15, -0.1) is 0 Å². The van der Waals surface area contributed by atoms with Gasteiger partial charge in [0.05, 0.1) is 18.1 Å². The van der Waals surface area contributed by atoms with Gasteiger partial charge in [-0.1, -0.05) is 13.0 Å². The number of carbonyl (C=O) groups is 1. The second kappa shape index (κ2) is 8.54. The Bertz CT molecular complexity index is 1340. The molecule has 0 radical (unpaired) electrons. The largest absolute Gasteiger partial charge is 0.465 e. The molecule has 2 aromatic carbocycles. The lowest BCUT2D eigenvalue weighted by Gasteiger charge is -2.32. The molecule has 0 aliphatic heterocycles.